The number of pyridine rings is 1. The summed E-state index contributed by atoms with van der Waals surface area (Å²) in [6, 6.07) is 24.2. The molecule has 3 rings (SSSR count). The highest BCUT2D eigenvalue weighted by atomic mass is 35.5. The highest BCUT2D eigenvalue weighted by molar-refractivity contribution is 6.29. The molecular formula is C17H12ClN. The van der Waals surface area contributed by atoms with Crippen molar-refractivity contribution in [2.75, 3.05) is 0 Å². The molecule has 19 heavy (non-hydrogen) atoms. The largest absolute Gasteiger partial charge is 0.236 e. The molecule has 0 spiro atoms. The third-order valence-electron chi connectivity index (χ3n) is 2.97. The maximum absolute atomic E-state index is 6.14. The Morgan fingerprint density at radius 3 is 1.84 bits per heavy atom. The lowest BCUT2D eigenvalue weighted by atomic mass is 10.0. The van der Waals surface area contributed by atoms with Gasteiger partial charge in [-0.25, -0.2) is 4.98 Å². The molecule has 0 aliphatic rings. The van der Waals surface area contributed by atoms with E-state index in [4.69, 9.17) is 11.6 Å². The van der Waals surface area contributed by atoms with Crippen molar-refractivity contribution in [2.24, 2.45) is 0 Å². The van der Waals surface area contributed by atoms with Gasteiger partial charge in [-0.05, 0) is 23.3 Å². The summed E-state index contributed by atoms with van der Waals surface area (Å²) in [6.07, 6.45) is 0. The molecule has 0 saturated carbocycles. The molecule has 0 amide bonds. The number of halogens is 1. The summed E-state index contributed by atoms with van der Waals surface area (Å²) in [4.78, 5) is 4.40. The van der Waals surface area contributed by atoms with Crippen LogP contribution in [0.4, 0.5) is 0 Å². The van der Waals surface area contributed by atoms with Crippen molar-refractivity contribution in [2.45, 2.75) is 0 Å². The molecule has 0 fully saturated rings. The van der Waals surface area contributed by atoms with Crippen LogP contribution >= 0.6 is 11.6 Å². The van der Waals surface area contributed by atoms with Crippen LogP contribution in [0.1, 0.15) is 0 Å². The van der Waals surface area contributed by atoms with Crippen molar-refractivity contribution >= 4 is 11.6 Å². The van der Waals surface area contributed by atoms with Crippen LogP contribution in [0.25, 0.3) is 22.4 Å². The van der Waals surface area contributed by atoms with E-state index in [2.05, 4.69) is 23.2 Å². The van der Waals surface area contributed by atoms with Crippen molar-refractivity contribution < 1.29 is 0 Å². The van der Waals surface area contributed by atoms with E-state index in [0.717, 1.165) is 22.4 Å². The molecule has 0 radical (unpaired) electrons. The fourth-order valence-electron chi connectivity index (χ4n) is 2.05. The van der Waals surface area contributed by atoms with E-state index in [1.54, 1.807) is 0 Å². The first-order valence-electron chi connectivity index (χ1n) is 6.11. The first-order chi connectivity index (χ1) is 9.33. The maximum atomic E-state index is 6.14. The van der Waals surface area contributed by atoms with Gasteiger partial charge in [-0.15, -0.1) is 0 Å². The number of hydrogen-bond acceptors (Lipinski definition) is 1. The standard InChI is InChI=1S/C17H12ClN/c18-17-12-15(13-7-3-1-4-8-13)11-16(19-17)14-9-5-2-6-10-14/h1-12H. The fourth-order valence-corrected chi connectivity index (χ4v) is 2.26. The van der Waals surface area contributed by atoms with Gasteiger partial charge in [0.15, 0.2) is 0 Å². The minimum Gasteiger partial charge on any atom is -0.236 e. The molecule has 0 atom stereocenters. The molecule has 0 aliphatic carbocycles. The van der Waals surface area contributed by atoms with Gasteiger partial charge in [0.1, 0.15) is 5.15 Å². The summed E-state index contributed by atoms with van der Waals surface area (Å²) in [5, 5.41) is 0.514. The lowest BCUT2D eigenvalue weighted by Crippen LogP contribution is -1.87. The summed E-state index contributed by atoms with van der Waals surface area (Å²) < 4.78 is 0. The number of nitrogens with zero attached hydrogens (tertiary/aromatic N) is 1. The Bertz CT molecular complexity index is 620. The van der Waals surface area contributed by atoms with Crippen LogP contribution in [0.15, 0.2) is 72.8 Å². The molecular weight excluding hydrogens is 254 g/mol. The molecule has 0 aliphatic heterocycles. The summed E-state index contributed by atoms with van der Waals surface area (Å²) in [5.41, 5.74) is 4.19. The van der Waals surface area contributed by atoms with Crippen molar-refractivity contribution in [1.82, 2.24) is 4.98 Å². The highest BCUT2D eigenvalue weighted by Gasteiger charge is 2.05. The lowest BCUT2D eigenvalue weighted by molar-refractivity contribution is 1.32. The van der Waals surface area contributed by atoms with Gasteiger partial charge in [-0.1, -0.05) is 72.3 Å². The Labute approximate surface area is 117 Å². The second kappa shape index (κ2) is 5.25. The van der Waals surface area contributed by atoms with E-state index in [1.165, 1.54) is 0 Å². The van der Waals surface area contributed by atoms with Gasteiger partial charge in [-0.2, -0.15) is 0 Å². The summed E-state index contributed by atoms with van der Waals surface area (Å²) in [5.74, 6) is 0. The first-order valence-corrected chi connectivity index (χ1v) is 6.49. The van der Waals surface area contributed by atoms with Gasteiger partial charge < -0.3 is 0 Å². The second-order valence-electron chi connectivity index (χ2n) is 4.30. The molecule has 2 heteroatoms. The van der Waals surface area contributed by atoms with Crippen LogP contribution in [0, 0.1) is 0 Å². The van der Waals surface area contributed by atoms with Gasteiger partial charge >= 0.3 is 0 Å². The second-order valence-corrected chi connectivity index (χ2v) is 4.68. The van der Waals surface area contributed by atoms with Gasteiger partial charge in [0.05, 0.1) is 5.69 Å². The van der Waals surface area contributed by atoms with Gasteiger partial charge in [0, 0.05) is 5.56 Å². The van der Waals surface area contributed by atoms with Crippen molar-refractivity contribution in [1.29, 1.82) is 0 Å². The fraction of sp³-hybridized carbons (Fsp3) is 0. The molecule has 2 aromatic carbocycles. The Hall–Kier alpha value is -2.12. The first kappa shape index (κ1) is 11.9. The van der Waals surface area contributed by atoms with Gasteiger partial charge in [-0.3, -0.25) is 0 Å². The number of hydrogen-bond donors (Lipinski definition) is 0. The Balaban J connectivity index is 2.12. The third kappa shape index (κ3) is 2.67. The minimum absolute atomic E-state index is 0.514. The van der Waals surface area contributed by atoms with E-state index < -0.39 is 0 Å². The molecule has 3 aromatic rings. The topological polar surface area (TPSA) is 12.9 Å². The molecule has 0 N–H and O–H groups in total. The average molecular weight is 266 g/mol. The summed E-state index contributed by atoms with van der Waals surface area (Å²) >= 11 is 6.14. The van der Waals surface area contributed by atoms with E-state index >= 15 is 0 Å². The Kier molecular flexibility index (Phi) is 3.30. The molecule has 0 saturated heterocycles. The Morgan fingerprint density at radius 1 is 0.632 bits per heavy atom. The van der Waals surface area contributed by atoms with Crippen LogP contribution in [0.2, 0.25) is 5.15 Å². The highest BCUT2D eigenvalue weighted by Crippen LogP contribution is 2.27. The molecule has 1 heterocycles. The van der Waals surface area contributed by atoms with Crippen molar-refractivity contribution in [3.63, 3.8) is 0 Å². The monoisotopic (exact) mass is 265 g/mol. The predicted molar refractivity (Wildman–Crippen MR) is 80.1 cm³/mol. The van der Waals surface area contributed by atoms with Crippen molar-refractivity contribution in [3.05, 3.63) is 77.9 Å². The normalized spacial score (nSPS) is 10.4. The van der Waals surface area contributed by atoms with Crippen LogP contribution in [-0.4, -0.2) is 4.98 Å². The summed E-state index contributed by atoms with van der Waals surface area (Å²) in [7, 11) is 0. The van der Waals surface area contributed by atoms with Crippen LogP contribution in [0.3, 0.4) is 0 Å². The van der Waals surface area contributed by atoms with E-state index in [-0.39, 0.29) is 0 Å². The zero-order chi connectivity index (χ0) is 13.1. The number of benzene rings is 2. The summed E-state index contributed by atoms with van der Waals surface area (Å²) in [6.45, 7) is 0. The maximum Gasteiger partial charge on any atom is 0.130 e. The Morgan fingerprint density at radius 2 is 1.21 bits per heavy atom. The molecule has 1 aromatic heterocycles. The molecule has 0 unspecified atom stereocenters. The van der Waals surface area contributed by atoms with Crippen molar-refractivity contribution in [3.8, 4) is 22.4 Å². The minimum atomic E-state index is 0.514. The molecule has 92 valence electrons. The average Bonchev–Trinajstić information content (AvgIpc) is 2.48. The third-order valence-corrected chi connectivity index (χ3v) is 3.16. The number of rotatable bonds is 2. The zero-order valence-electron chi connectivity index (χ0n) is 10.3. The van der Waals surface area contributed by atoms with Crippen LogP contribution in [0.5, 0.6) is 0 Å². The van der Waals surface area contributed by atoms with E-state index in [0.29, 0.717) is 5.15 Å². The quantitative estimate of drug-likeness (QED) is 0.590. The van der Waals surface area contributed by atoms with E-state index in [9.17, 15) is 0 Å². The lowest BCUT2D eigenvalue weighted by Gasteiger charge is -2.06. The smallest absolute Gasteiger partial charge is 0.130 e. The van der Waals surface area contributed by atoms with Crippen LogP contribution in [-0.2, 0) is 0 Å². The molecule has 0 bridgehead atoms. The van der Waals surface area contributed by atoms with Gasteiger partial charge in [0.2, 0.25) is 0 Å². The van der Waals surface area contributed by atoms with Gasteiger partial charge in [0.25, 0.3) is 0 Å². The zero-order valence-corrected chi connectivity index (χ0v) is 11.0. The molecule has 1 nitrogen and oxygen atoms in total. The predicted octanol–water partition coefficient (Wildman–Crippen LogP) is 5.07. The van der Waals surface area contributed by atoms with Crippen LogP contribution < -0.4 is 0 Å². The number of aromatic nitrogens is 1. The van der Waals surface area contributed by atoms with E-state index in [1.807, 2.05) is 54.6 Å². The SMILES string of the molecule is Clc1cc(-c2ccccc2)cc(-c2ccccc2)n1.